The molecule has 1 aromatic carbocycles. The van der Waals surface area contributed by atoms with Crippen LogP contribution in [-0.4, -0.2) is 16.1 Å². The van der Waals surface area contributed by atoms with Crippen molar-refractivity contribution in [2.24, 2.45) is 0 Å². The molecule has 0 amide bonds. The number of aryl methyl sites for hydroxylation is 1. The van der Waals surface area contributed by atoms with Crippen molar-refractivity contribution in [3.05, 3.63) is 38.3 Å². The van der Waals surface area contributed by atoms with Gasteiger partial charge in [0.2, 0.25) is 0 Å². The van der Waals surface area contributed by atoms with Crippen LogP contribution in [0.15, 0.2) is 22.7 Å². The lowest BCUT2D eigenvalue weighted by atomic mass is 10.1. The number of nitrogens with zero attached hydrogens (tertiary/aromatic N) is 1. The van der Waals surface area contributed by atoms with E-state index >= 15 is 0 Å². The lowest BCUT2D eigenvalue weighted by Gasteiger charge is -2.03. The van der Waals surface area contributed by atoms with Crippen LogP contribution in [0.2, 0.25) is 5.02 Å². The Kier molecular flexibility index (Phi) is 3.37. The van der Waals surface area contributed by atoms with Gasteiger partial charge in [0.05, 0.1) is 10.7 Å². The molecular formula is C13H9BrClNO2S. The van der Waals surface area contributed by atoms with Crippen molar-refractivity contribution >= 4 is 44.8 Å². The molecule has 1 aliphatic carbocycles. The van der Waals surface area contributed by atoms with Crippen LogP contribution in [0.5, 0.6) is 0 Å². The summed E-state index contributed by atoms with van der Waals surface area (Å²) >= 11 is 11.1. The molecule has 1 heterocycles. The molecule has 0 saturated heterocycles. The number of carboxylic acids is 1. The number of halogens is 2. The van der Waals surface area contributed by atoms with Gasteiger partial charge in [-0.3, -0.25) is 4.79 Å². The van der Waals surface area contributed by atoms with Crippen LogP contribution in [0, 0.1) is 0 Å². The van der Waals surface area contributed by atoms with Gasteiger partial charge < -0.3 is 5.11 Å². The van der Waals surface area contributed by atoms with Crippen molar-refractivity contribution in [1.82, 2.24) is 4.98 Å². The van der Waals surface area contributed by atoms with Crippen molar-refractivity contribution in [3.63, 3.8) is 0 Å². The third kappa shape index (κ3) is 2.30. The molecular weight excluding hydrogens is 350 g/mol. The monoisotopic (exact) mass is 357 g/mol. The maximum atomic E-state index is 11.2. The van der Waals surface area contributed by atoms with Crippen LogP contribution in [0.4, 0.5) is 0 Å². The topological polar surface area (TPSA) is 50.2 Å². The zero-order valence-electron chi connectivity index (χ0n) is 9.69. The number of hydrogen-bond acceptors (Lipinski definition) is 3. The summed E-state index contributed by atoms with van der Waals surface area (Å²) in [5, 5.41) is 10.6. The Bertz CT molecular complexity index is 671. The van der Waals surface area contributed by atoms with Gasteiger partial charge >= 0.3 is 5.97 Å². The quantitative estimate of drug-likeness (QED) is 0.868. The second-order valence-electron chi connectivity index (χ2n) is 4.38. The fraction of sp³-hybridized carbons (Fsp3) is 0.231. The summed E-state index contributed by atoms with van der Waals surface area (Å²) in [6.07, 6.45) is 1.44. The predicted octanol–water partition coefficient (Wildman–Crippen LogP) is 4.34. The molecule has 0 radical (unpaired) electrons. The summed E-state index contributed by atoms with van der Waals surface area (Å²) in [5.41, 5.74) is 1.56. The van der Waals surface area contributed by atoms with E-state index in [9.17, 15) is 4.79 Å². The molecule has 3 rings (SSSR count). The van der Waals surface area contributed by atoms with E-state index in [1.54, 1.807) is 0 Å². The SMILES string of the molecule is O=C(O)C1CCc2sc(-c3cc(Br)ccc3Cl)nc21. The van der Waals surface area contributed by atoms with Crippen LogP contribution in [0.3, 0.4) is 0 Å². The van der Waals surface area contributed by atoms with Gasteiger partial charge in [0, 0.05) is 14.9 Å². The lowest BCUT2D eigenvalue weighted by Crippen LogP contribution is -2.08. The van der Waals surface area contributed by atoms with Gasteiger partial charge in [0.15, 0.2) is 0 Å². The zero-order chi connectivity index (χ0) is 13.6. The van der Waals surface area contributed by atoms with E-state index in [-0.39, 0.29) is 0 Å². The first-order valence-electron chi connectivity index (χ1n) is 5.74. The predicted molar refractivity (Wildman–Crippen MR) is 79.0 cm³/mol. The molecule has 0 bridgehead atoms. The molecule has 1 atom stereocenters. The second kappa shape index (κ2) is 4.89. The number of aromatic nitrogens is 1. The lowest BCUT2D eigenvalue weighted by molar-refractivity contribution is -0.138. The number of hydrogen-bond donors (Lipinski definition) is 1. The fourth-order valence-electron chi connectivity index (χ4n) is 2.24. The molecule has 1 aromatic heterocycles. The van der Waals surface area contributed by atoms with E-state index in [4.69, 9.17) is 16.7 Å². The van der Waals surface area contributed by atoms with E-state index in [2.05, 4.69) is 20.9 Å². The Hall–Kier alpha value is -0.910. The molecule has 6 heteroatoms. The first kappa shape index (κ1) is 13.1. The van der Waals surface area contributed by atoms with Gasteiger partial charge in [0.25, 0.3) is 0 Å². The maximum absolute atomic E-state index is 11.2. The molecule has 0 spiro atoms. The van der Waals surface area contributed by atoms with Crippen molar-refractivity contribution in [3.8, 4) is 10.6 Å². The van der Waals surface area contributed by atoms with Crippen LogP contribution in [0.1, 0.15) is 22.9 Å². The highest BCUT2D eigenvalue weighted by molar-refractivity contribution is 9.10. The maximum Gasteiger partial charge on any atom is 0.312 e. The fourth-order valence-corrected chi connectivity index (χ4v) is 4.04. The molecule has 0 fully saturated rings. The molecule has 98 valence electrons. The number of carbonyl (C=O) groups is 1. The van der Waals surface area contributed by atoms with Crippen LogP contribution >= 0.6 is 38.9 Å². The van der Waals surface area contributed by atoms with Gasteiger partial charge in [-0.15, -0.1) is 11.3 Å². The van der Waals surface area contributed by atoms with Crippen molar-refractivity contribution in [1.29, 1.82) is 0 Å². The highest BCUT2D eigenvalue weighted by Crippen LogP contribution is 2.41. The highest BCUT2D eigenvalue weighted by Gasteiger charge is 2.32. The molecule has 2 aromatic rings. The van der Waals surface area contributed by atoms with E-state index in [1.165, 1.54) is 11.3 Å². The summed E-state index contributed by atoms with van der Waals surface area (Å²) in [5.74, 6) is -1.26. The average Bonchev–Trinajstić information content (AvgIpc) is 2.91. The van der Waals surface area contributed by atoms with Crippen molar-refractivity contribution in [2.75, 3.05) is 0 Å². The Labute approximate surface area is 127 Å². The van der Waals surface area contributed by atoms with E-state index in [0.717, 1.165) is 26.3 Å². The number of benzene rings is 1. The summed E-state index contributed by atoms with van der Waals surface area (Å²) in [7, 11) is 0. The zero-order valence-corrected chi connectivity index (χ0v) is 12.8. The molecule has 3 nitrogen and oxygen atoms in total. The summed E-state index contributed by atoms with van der Waals surface area (Å²) in [4.78, 5) is 16.7. The Morgan fingerprint density at radius 1 is 1.53 bits per heavy atom. The van der Waals surface area contributed by atoms with E-state index in [0.29, 0.717) is 17.1 Å². The van der Waals surface area contributed by atoms with Gasteiger partial charge in [-0.2, -0.15) is 0 Å². The largest absolute Gasteiger partial charge is 0.481 e. The van der Waals surface area contributed by atoms with Gasteiger partial charge in [-0.1, -0.05) is 27.5 Å². The summed E-state index contributed by atoms with van der Waals surface area (Å²) in [6, 6.07) is 5.58. The Morgan fingerprint density at radius 3 is 3.05 bits per heavy atom. The third-order valence-corrected chi connectivity index (χ3v) is 5.16. The molecule has 19 heavy (non-hydrogen) atoms. The normalized spacial score (nSPS) is 17.5. The third-order valence-electron chi connectivity index (χ3n) is 3.17. The number of rotatable bonds is 2. The van der Waals surface area contributed by atoms with Crippen molar-refractivity contribution in [2.45, 2.75) is 18.8 Å². The minimum absolute atomic E-state index is 0.467. The Balaban J connectivity index is 2.07. The molecule has 0 saturated carbocycles. The minimum atomic E-state index is -0.795. The average molecular weight is 359 g/mol. The smallest absolute Gasteiger partial charge is 0.312 e. The highest BCUT2D eigenvalue weighted by atomic mass is 79.9. The Morgan fingerprint density at radius 2 is 2.32 bits per heavy atom. The number of thiazole rings is 1. The van der Waals surface area contributed by atoms with Gasteiger partial charge in [-0.05, 0) is 31.0 Å². The first-order valence-corrected chi connectivity index (χ1v) is 7.73. The van der Waals surface area contributed by atoms with Gasteiger partial charge in [0.1, 0.15) is 10.9 Å². The molecule has 1 unspecified atom stereocenters. The minimum Gasteiger partial charge on any atom is -0.481 e. The molecule has 0 aliphatic heterocycles. The van der Waals surface area contributed by atoms with E-state index < -0.39 is 11.9 Å². The standard InChI is InChI=1S/C13H9BrClNO2S/c14-6-1-3-9(15)8(5-6)12-16-11-7(13(17)18)2-4-10(11)19-12/h1,3,5,7H,2,4H2,(H,17,18). The van der Waals surface area contributed by atoms with E-state index in [1.807, 2.05) is 18.2 Å². The molecule has 1 N–H and O–H groups in total. The van der Waals surface area contributed by atoms with Crippen LogP contribution in [0.25, 0.3) is 10.6 Å². The van der Waals surface area contributed by atoms with Gasteiger partial charge in [-0.25, -0.2) is 4.98 Å². The van der Waals surface area contributed by atoms with Crippen LogP contribution in [-0.2, 0) is 11.2 Å². The summed E-state index contributed by atoms with van der Waals surface area (Å²) in [6.45, 7) is 0. The number of fused-ring (bicyclic) bond motifs is 1. The number of carboxylic acid groups (broad SMARTS) is 1. The first-order chi connectivity index (χ1) is 9.06. The number of aliphatic carboxylic acids is 1. The molecule has 1 aliphatic rings. The second-order valence-corrected chi connectivity index (χ2v) is 6.79. The van der Waals surface area contributed by atoms with Crippen molar-refractivity contribution < 1.29 is 9.90 Å². The van der Waals surface area contributed by atoms with Crippen LogP contribution < -0.4 is 0 Å². The summed E-state index contributed by atoms with van der Waals surface area (Å²) < 4.78 is 0.928.